The third-order valence-corrected chi connectivity index (χ3v) is 8.24. The van der Waals surface area contributed by atoms with Gasteiger partial charge in [0.05, 0.1) is 5.56 Å². The number of alkyl halides is 5. The predicted molar refractivity (Wildman–Crippen MR) is 157 cm³/mol. The molecule has 0 spiro atoms. The van der Waals surface area contributed by atoms with Crippen LogP contribution in [0.2, 0.25) is 0 Å². The highest BCUT2D eigenvalue weighted by Gasteiger charge is 2.42. The van der Waals surface area contributed by atoms with E-state index in [2.05, 4.69) is 23.8 Å². The maximum Gasteiger partial charge on any atom is 0.432 e. The van der Waals surface area contributed by atoms with E-state index in [-0.39, 0.29) is 23.3 Å². The molecule has 0 heterocycles. The van der Waals surface area contributed by atoms with Crippen molar-refractivity contribution < 1.29 is 44.3 Å². The summed E-state index contributed by atoms with van der Waals surface area (Å²) < 4.78 is 131. The Morgan fingerprint density at radius 3 is 1.85 bits per heavy atom. The summed E-state index contributed by atoms with van der Waals surface area (Å²) in [6, 6.07) is 13.3. The van der Waals surface area contributed by atoms with Gasteiger partial charge < -0.3 is 4.74 Å². The lowest BCUT2D eigenvalue weighted by atomic mass is 9.78. The quantitative estimate of drug-likeness (QED) is 0.136. The number of hydrogen-bond acceptors (Lipinski definition) is 1. The van der Waals surface area contributed by atoms with Crippen LogP contribution in [0.4, 0.5) is 39.5 Å². The molecule has 242 valence electrons. The van der Waals surface area contributed by atoms with Crippen LogP contribution in [-0.2, 0) is 12.3 Å². The molecule has 4 aromatic carbocycles. The standard InChI is InChI=1S/C36H29F9O/c1-2-3-4-21-5-7-22(8-6-21)23-9-11-24(12-10-23)25-13-15-28(30(37)17-25)26-18-32(39)34(33(40)19-26)36(44,45)46-27-14-16-29(31(38)20-27)35(41,42)43/h3-4,9-22H,2,5-8H2,1H3. The molecule has 1 nitrogen and oxygen atoms in total. The van der Waals surface area contributed by atoms with Gasteiger partial charge in [-0.25, -0.2) is 17.6 Å². The van der Waals surface area contributed by atoms with Crippen molar-refractivity contribution in [3.05, 3.63) is 125 Å². The number of ether oxygens (including phenoxy) is 1. The topological polar surface area (TPSA) is 9.23 Å². The highest BCUT2D eigenvalue weighted by molar-refractivity contribution is 5.71. The molecule has 0 atom stereocenters. The second kappa shape index (κ2) is 13.3. The summed E-state index contributed by atoms with van der Waals surface area (Å²) in [6.45, 7) is 2.12. The summed E-state index contributed by atoms with van der Waals surface area (Å²) in [5.41, 5.74) is -1.82. The first-order chi connectivity index (χ1) is 21.8. The van der Waals surface area contributed by atoms with Crippen LogP contribution in [0.25, 0.3) is 22.3 Å². The minimum Gasteiger partial charge on any atom is -0.429 e. The zero-order chi connectivity index (χ0) is 33.2. The first-order valence-electron chi connectivity index (χ1n) is 14.8. The smallest absolute Gasteiger partial charge is 0.429 e. The van der Waals surface area contributed by atoms with Gasteiger partial charge in [0, 0.05) is 11.6 Å². The number of rotatable bonds is 8. The van der Waals surface area contributed by atoms with E-state index in [1.807, 2.05) is 24.3 Å². The fourth-order valence-corrected chi connectivity index (χ4v) is 5.84. The van der Waals surface area contributed by atoms with E-state index in [0.29, 0.717) is 35.6 Å². The summed E-state index contributed by atoms with van der Waals surface area (Å²) in [7, 11) is 0. The molecule has 5 rings (SSSR count). The van der Waals surface area contributed by atoms with Crippen LogP contribution in [0.15, 0.2) is 84.9 Å². The number of benzene rings is 4. The van der Waals surface area contributed by atoms with Gasteiger partial charge in [-0.3, -0.25) is 0 Å². The molecule has 1 fully saturated rings. The van der Waals surface area contributed by atoms with Crippen molar-refractivity contribution in [2.75, 3.05) is 0 Å². The summed E-state index contributed by atoms with van der Waals surface area (Å²) in [6.07, 6.45) is 0.106. The molecule has 0 aromatic heterocycles. The SMILES string of the molecule is CCC=CC1CCC(c2ccc(-c3ccc(-c4cc(F)c(C(F)(F)Oc5ccc(C(F)(F)F)c(F)c5)c(F)c4)c(F)c3)cc2)CC1. The molecule has 1 saturated carbocycles. The number of allylic oxidation sites excluding steroid dienone is 2. The lowest BCUT2D eigenvalue weighted by molar-refractivity contribution is -0.189. The first kappa shape index (κ1) is 33.2. The monoisotopic (exact) mass is 648 g/mol. The Balaban J connectivity index is 1.32. The van der Waals surface area contributed by atoms with E-state index >= 15 is 4.39 Å². The van der Waals surface area contributed by atoms with Gasteiger partial charge in [0.15, 0.2) is 0 Å². The molecule has 0 bridgehead atoms. The Bertz CT molecular complexity index is 1690. The zero-order valence-corrected chi connectivity index (χ0v) is 24.6. The van der Waals surface area contributed by atoms with Gasteiger partial charge in [0.1, 0.15) is 34.6 Å². The summed E-state index contributed by atoms with van der Waals surface area (Å²) in [4.78, 5) is 0. The van der Waals surface area contributed by atoms with Gasteiger partial charge in [-0.05, 0) is 96.5 Å². The second-order valence-electron chi connectivity index (χ2n) is 11.3. The maximum atomic E-state index is 15.2. The molecule has 0 aliphatic heterocycles. The number of halogens is 9. The van der Waals surface area contributed by atoms with Crippen LogP contribution < -0.4 is 4.74 Å². The van der Waals surface area contributed by atoms with Crippen LogP contribution in [0.1, 0.15) is 61.6 Å². The molecule has 1 aliphatic rings. The van der Waals surface area contributed by atoms with E-state index in [4.69, 9.17) is 0 Å². The zero-order valence-electron chi connectivity index (χ0n) is 24.6. The van der Waals surface area contributed by atoms with Crippen LogP contribution in [0, 0.1) is 29.2 Å². The Hall–Kier alpha value is -4.21. The molecule has 10 heteroatoms. The molecular formula is C36H29F9O. The molecule has 0 N–H and O–H groups in total. The van der Waals surface area contributed by atoms with Crippen LogP contribution in [0.5, 0.6) is 5.75 Å². The average molecular weight is 649 g/mol. The van der Waals surface area contributed by atoms with Crippen molar-refractivity contribution in [3.63, 3.8) is 0 Å². The Kier molecular flexibility index (Phi) is 9.56. The van der Waals surface area contributed by atoms with Crippen molar-refractivity contribution in [2.45, 2.75) is 57.2 Å². The van der Waals surface area contributed by atoms with E-state index in [1.54, 1.807) is 6.07 Å². The average Bonchev–Trinajstić information content (AvgIpc) is 2.99. The minimum atomic E-state index is -5.10. The predicted octanol–water partition coefficient (Wildman–Crippen LogP) is 12.0. The van der Waals surface area contributed by atoms with E-state index < -0.39 is 52.4 Å². The van der Waals surface area contributed by atoms with Gasteiger partial charge >= 0.3 is 12.3 Å². The first-order valence-corrected chi connectivity index (χ1v) is 14.8. The van der Waals surface area contributed by atoms with Crippen LogP contribution in [-0.4, -0.2) is 0 Å². The van der Waals surface area contributed by atoms with Crippen molar-refractivity contribution in [1.82, 2.24) is 0 Å². The molecule has 1 aliphatic carbocycles. The van der Waals surface area contributed by atoms with Crippen molar-refractivity contribution >= 4 is 0 Å². The summed E-state index contributed by atoms with van der Waals surface area (Å²) in [5, 5.41) is 0. The summed E-state index contributed by atoms with van der Waals surface area (Å²) >= 11 is 0. The highest BCUT2D eigenvalue weighted by Crippen LogP contribution is 2.40. The van der Waals surface area contributed by atoms with E-state index in [1.165, 1.54) is 17.7 Å². The normalized spacial score (nSPS) is 17.4. The molecular weight excluding hydrogens is 619 g/mol. The molecule has 4 aromatic rings. The largest absolute Gasteiger partial charge is 0.432 e. The molecule has 0 saturated heterocycles. The number of hydrogen-bond donors (Lipinski definition) is 0. The highest BCUT2D eigenvalue weighted by atomic mass is 19.4. The van der Waals surface area contributed by atoms with Crippen molar-refractivity contribution in [2.24, 2.45) is 5.92 Å². The lowest BCUT2D eigenvalue weighted by Gasteiger charge is -2.27. The molecule has 0 radical (unpaired) electrons. The van der Waals surface area contributed by atoms with Crippen molar-refractivity contribution in [3.8, 4) is 28.0 Å². The third kappa shape index (κ3) is 7.26. The van der Waals surface area contributed by atoms with Crippen LogP contribution >= 0.6 is 0 Å². The van der Waals surface area contributed by atoms with E-state index in [9.17, 15) is 35.1 Å². The van der Waals surface area contributed by atoms with Gasteiger partial charge in [0.25, 0.3) is 0 Å². The molecule has 0 amide bonds. The Labute approximate surface area is 260 Å². The van der Waals surface area contributed by atoms with E-state index in [0.717, 1.165) is 37.7 Å². The Morgan fingerprint density at radius 1 is 0.674 bits per heavy atom. The Morgan fingerprint density at radius 2 is 1.28 bits per heavy atom. The summed E-state index contributed by atoms with van der Waals surface area (Å²) in [5.74, 6) is -6.41. The third-order valence-electron chi connectivity index (χ3n) is 8.24. The second-order valence-corrected chi connectivity index (χ2v) is 11.3. The van der Waals surface area contributed by atoms with Crippen molar-refractivity contribution in [1.29, 1.82) is 0 Å². The molecule has 0 unspecified atom stereocenters. The van der Waals surface area contributed by atoms with Crippen LogP contribution in [0.3, 0.4) is 0 Å². The van der Waals surface area contributed by atoms with Gasteiger partial charge in [-0.2, -0.15) is 22.0 Å². The molecule has 46 heavy (non-hydrogen) atoms. The van der Waals surface area contributed by atoms with Gasteiger partial charge in [-0.1, -0.05) is 55.5 Å². The fraction of sp³-hybridized carbons (Fsp3) is 0.278. The van der Waals surface area contributed by atoms with Gasteiger partial charge in [0.2, 0.25) is 0 Å². The van der Waals surface area contributed by atoms with Gasteiger partial charge in [-0.15, -0.1) is 0 Å². The fourth-order valence-electron chi connectivity index (χ4n) is 5.84. The lowest BCUT2D eigenvalue weighted by Crippen LogP contribution is -2.25. The maximum absolute atomic E-state index is 15.2. The minimum absolute atomic E-state index is 0.0305.